The molecule has 3 nitrogen and oxygen atoms in total. The number of hydrogen-bond acceptors (Lipinski definition) is 2. The van der Waals surface area contributed by atoms with Crippen molar-refractivity contribution in [2.24, 2.45) is 0 Å². The molecular weight excluding hydrogens is 238 g/mol. The molecule has 0 aromatic heterocycles. The zero-order valence-corrected chi connectivity index (χ0v) is 12.0. The summed E-state index contributed by atoms with van der Waals surface area (Å²) in [5.74, 6) is -0.0381. The van der Waals surface area contributed by atoms with Crippen molar-refractivity contribution in [1.29, 1.82) is 0 Å². The highest BCUT2D eigenvalue weighted by Crippen LogP contribution is 2.23. The Hall–Kier alpha value is -1.35. The van der Waals surface area contributed by atoms with E-state index in [9.17, 15) is 9.90 Å². The van der Waals surface area contributed by atoms with Crippen LogP contribution in [0.2, 0.25) is 0 Å². The van der Waals surface area contributed by atoms with Gasteiger partial charge in [-0.1, -0.05) is 18.2 Å². The van der Waals surface area contributed by atoms with Crippen LogP contribution in [0.5, 0.6) is 0 Å². The summed E-state index contributed by atoms with van der Waals surface area (Å²) in [6.45, 7) is 5.35. The van der Waals surface area contributed by atoms with E-state index in [-0.39, 0.29) is 5.91 Å². The van der Waals surface area contributed by atoms with E-state index in [0.29, 0.717) is 6.42 Å². The first-order valence-corrected chi connectivity index (χ1v) is 6.98. The third kappa shape index (κ3) is 3.35. The third-order valence-corrected chi connectivity index (χ3v) is 4.03. The standard InChI is InChI=1S/C16H23NO2/c1-11(18)16(2,3)17-15(19)10-12-7-8-13-5-4-6-14(13)9-12/h7-9,11,18H,4-6,10H2,1-3H3,(H,17,19). The van der Waals surface area contributed by atoms with Gasteiger partial charge in [0.05, 0.1) is 18.1 Å². The number of aryl methyl sites for hydroxylation is 2. The van der Waals surface area contributed by atoms with E-state index in [4.69, 9.17) is 0 Å². The third-order valence-electron chi connectivity index (χ3n) is 4.03. The Morgan fingerprint density at radius 3 is 2.74 bits per heavy atom. The Balaban J connectivity index is 2.00. The fraction of sp³-hybridized carbons (Fsp3) is 0.562. The van der Waals surface area contributed by atoms with Crippen molar-refractivity contribution in [2.75, 3.05) is 0 Å². The lowest BCUT2D eigenvalue weighted by Gasteiger charge is -2.29. The molecule has 2 rings (SSSR count). The zero-order valence-electron chi connectivity index (χ0n) is 12.0. The molecule has 0 spiro atoms. The molecule has 0 saturated heterocycles. The number of amides is 1. The van der Waals surface area contributed by atoms with Gasteiger partial charge in [0.1, 0.15) is 0 Å². The van der Waals surface area contributed by atoms with Gasteiger partial charge in [-0.05, 0) is 56.7 Å². The minimum Gasteiger partial charge on any atom is -0.391 e. The van der Waals surface area contributed by atoms with Crippen LogP contribution in [0.25, 0.3) is 0 Å². The molecule has 104 valence electrons. The maximum atomic E-state index is 12.0. The monoisotopic (exact) mass is 261 g/mol. The van der Waals surface area contributed by atoms with Gasteiger partial charge in [-0.3, -0.25) is 4.79 Å². The van der Waals surface area contributed by atoms with Crippen LogP contribution in [0.1, 0.15) is 43.9 Å². The van der Waals surface area contributed by atoms with E-state index >= 15 is 0 Å². The number of fused-ring (bicyclic) bond motifs is 1. The van der Waals surface area contributed by atoms with Crippen molar-refractivity contribution in [3.8, 4) is 0 Å². The van der Waals surface area contributed by atoms with Crippen molar-refractivity contribution in [3.05, 3.63) is 34.9 Å². The number of carbonyl (C=O) groups excluding carboxylic acids is 1. The van der Waals surface area contributed by atoms with Crippen molar-refractivity contribution >= 4 is 5.91 Å². The fourth-order valence-electron chi connectivity index (χ4n) is 2.43. The summed E-state index contributed by atoms with van der Waals surface area (Å²) in [6, 6.07) is 6.33. The van der Waals surface area contributed by atoms with Crippen molar-refractivity contribution in [1.82, 2.24) is 5.32 Å². The minimum absolute atomic E-state index is 0.0381. The maximum absolute atomic E-state index is 12.0. The highest BCUT2D eigenvalue weighted by Gasteiger charge is 2.26. The first-order chi connectivity index (χ1) is 8.88. The van der Waals surface area contributed by atoms with Crippen molar-refractivity contribution in [2.45, 2.75) is 58.1 Å². The Morgan fingerprint density at radius 2 is 2.05 bits per heavy atom. The lowest BCUT2D eigenvalue weighted by Crippen LogP contribution is -2.51. The van der Waals surface area contributed by atoms with Crippen LogP contribution < -0.4 is 5.32 Å². The summed E-state index contributed by atoms with van der Waals surface area (Å²) in [5, 5.41) is 12.5. The summed E-state index contributed by atoms with van der Waals surface area (Å²) in [4.78, 5) is 12.0. The number of hydrogen-bond donors (Lipinski definition) is 2. The molecule has 0 aliphatic heterocycles. The Labute approximate surface area is 115 Å². The smallest absolute Gasteiger partial charge is 0.224 e. The van der Waals surface area contributed by atoms with Gasteiger partial charge in [0.2, 0.25) is 5.91 Å². The minimum atomic E-state index is -0.589. The number of aliphatic hydroxyl groups excluding tert-OH is 1. The van der Waals surface area contributed by atoms with Crippen LogP contribution in [0.3, 0.4) is 0 Å². The quantitative estimate of drug-likeness (QED) is 0.871. The lowest BCUT2D eigenvalue weighted by molar-refractivity contribution is -0.123. The van der Waals surface area contributed by atoms with E-state index in [1.165, 1.54) is 17.5 Å². The van der Waals surface area contributed by atoms with Crippen molar-refractivity contribution in [3.63, 3.8) is 0 Å². The molecule has 19 heavy (non-hydrogen) atoms. The van der Waals surface area contributed by atoms with E-state index in [2.05, 4.69) is 17.4 Å². The highest BCUT2D eigenvalue weighted by atomic mass is 16.3. The molecular formula is C16H23NO2. The molecule has 1 unspecified atom stereocenters. The molecule has 1 atom stereocenters. The summed E-state index contributed by atoms with van der Waals surface area (Å²) in [7, 11) is 0. The molecule has 1 aliphatic carbocycles. The van der Waals surface area contributed by atoms with Crippen LogP contribution in [0.4, 0.5) is 0 Å². The van der Waals surface area contributed by atoms with Crippen LogP contribution in [-0.4, -0.2) is 22.7 Å². The van der Waals surface area contributed by atoms with Gasteiger partial charge in [-0.15, -0.1) is 0 Å². The number of rotatable bonds is 4. The molecule has 1 aromatic rings. The predicted molar refractivity (Wildman–Crippen MR) is 76.1 cm³/mol. The van der Waals surface area contributed by atoms with E-state index in [1.54, 1.807) is 6.92 Å². The average Bonchev–Trinajstić information content (AvgIpc) is 2.74. The molecule has 1 amide bonds. The van der Waals surface area contributed by atoms with Gasteiger partial charge < -0.3 is 10.4 Å². The Morgan fingerprint density at radius 1 is 1.37 bits per heavy atom. The van der Waals surface area contributed by atoms with Gasteiger partial charge in [-0.2, -0.15) is 0 Å². The number of benzene rings is 1. The number of aliphatic hydroxyl groups is 1. The second kappa shape index (κ2) is 5.33. The largest absolute Gasteiger partial charge is 0.391 e. The molecule has 1 aromatic carbocycles. The molecule has 0 fully saturated rings. The van der Waals surface area contributed by atoms with E-state index in [1.807, 2.05) is 19.9 Å². The summed E-state index contributed by atoms with van der Waals surface area (Å²) < 4.78 is 0. The van der Waals surface area contributed by atoms with Gasteiger partial charge in [0.15, 0.2) is 0 Å². The second-order valence-electron chi connectivity index (χ2n) is 6.08. The Kier molecular flexibility index (Phi) is 3.95. The van der Waals surface area contributed by atoms with Crippen molar-refractivity contribution < 1.29 is 9.90 Å². The van der Waals surface area contributed by atoms with Crippen LogP contribution in [0.15, 0.2) is 18.2 Å². The van der Waals surface area contributed by atoms with Gasteiger partial charge in [-0.25, -0.2) is 0 Å². The molecule has 0 bridgehead atoms. The van der Waals surface area contributed by atoms with Gasteiger partial charge in [0, 0.05) is 0 Å². The lowest BCUT2D eigenvalue weighted by atomic mass is 9.98. The van der Waals surface area contributed by atoms with Crippen LogP contribution >= 0.6 is 0 Å². The maximum Gasteiger partial charge on any atom is 0.224 e. The summed E-state index contributed by atoms with van der Waals surface area (Å²) in [6.07, 6.45) is 3.32. The molecule has 0 heterocycles. The molecule has 2 N–H and O–H groups in total. The average molecular weight is 261 g/mol. The van der Waals surface area contributed by atoms with Gasteiger partial charge in [0.25, 0.3) is 0 Å². The van der Waals surface area contributed by atoms with E-state index < -0.39 is 11.6 Å². The highest BCUT2D eigenvalue weighted by molar-refractivity contribution is 5.79. The number of carbonyl (C=O) groups is 1. The predicted octanol–water partition coefficient (Wildman–Crippen LogP) is 1.99. The molecule has 0 saturated carbocycles. The fourth-order valence-corrected chi connectivity index (χ4v) is 2.43. The normalized spacial score (nSPS) is 16.0. The first-order valence-electron chi connectivity index (χ1n) is 6.98. The second-order valence-corrected chi connectivity index (χ2v) is 6.08. The van der Waals surface area contributed by atoms with E-state index in [0.717, 1.165) is 18.4 Å². The van der Waals surface area contributed by atoms with Gasteiger partial charge >= 0.3 is 0 Å². The topological polar surface area (TPSA) is 49.3 Å². The van der Waals surface area contributed by atoms with Crippen LogP contribution in [0, 0.1) is 0 Å². The molecule has 0 radical (unpaired) electrons. The zero-order chi connectivity index (χ0) is 14.0. The number of nitrogens with one attached hydrogen (secondary N) is 1. The molecule has 1 aliphatic rings. The molecule has 3 heteroatoms. The SMILES string of the molecule is CC(O)C(C)(C)NC(=O)Cc1ccc2c(c1)CCC2. The summed E-state index contributed by atoms with van der Waals surface area (Å²) >= 11 is 0. The van der Waals surface area contributed by atoms with Crippen LogP contribution in [-0.2, 0) is 24.1 Å². The first kappa shape index (κ1) is 14.1. The Bertz CT molecular complexity index is 478. The summed E-state index contributed by atoms with van der Waals surface area (Å²) in [5.41, 5.74) is 3.28.